The number of aromatic hydroxyl groups is 1. The fraction of sp³-hybridized carbons (Fsp3) is 0.188. The van der Waals surface area contributed by atoms with Crippen molar-refractivity contribution in [1.82, 2.24) is 0 Å². The number of aryl methyl sites for hydroxylation is 2. The largest absolute Gasteiger partial charge is 0.507 e. The molecule has 3 nitrogen and oxygen atoms in total. The van der Waals surface area contributed by atoms with Crippen molar-refractivity contribution in [1.29, 1.82) is 0 Å². The molecule has 0 aromatic heterocycles. The van der Waals surface area contributed by atoms with E-state index in [2.05, 4.69) is 0 Å². The van der Waals surface area contributed by atoms with Crippen LogP contribution in [0.5, 0.6) is 5.75 Å². The predicted octanol–water partition coefficient (Wildman–Crippen LogP) is 3.38. The number of rotatable bonds is 2. The molecule has 0 aliphatic carbocycles. The Morgan fingerprint density at radius 2 is 1.84 bits per heavy atom. The van der Waals surface area contributed by atoms with Crippen LogP contribution in [0.1, 0.15) is 27.0 Å². The van der Waals surface area contributed by atoms with E-state index < -0.39 is 0 Å². The highest BCUT2D eigenvalue weighted by Crippen LogP contribution is 2.38. The predicted molar refractivity (Wildman–Crippen MR) is 77.6 cm³/mol. The Kier molecular flexibility index (Phi) is 3.30. The van der Waals surface area contributed by atoms with Crippen LogP contribution in [0.2, 0.25) is 0 Å². The molecule has 2 rings (SSSR count). The van der Waals surface area contributed by atoms with Gasteiger partial charge in [-0.05, 0) is 49.1 Å². The average Bonchev–Trinajstić information content (AvgIpc) is 2.38. The highest BCUT2D eigenvalue weighted by Gasteiger charge is 2.15. The Bertz CT molecular complexity index is 660. The molecular weight excluding hydrogens is 238 g/mol. The smallest absolute Gasteiger partial charge is 0.153 e. The van der Waals surface area contributed by atoms with Crippen LogP contribution in [0.4, 0.5) is 5.69 Å². The number of phenolic OH excluding ortho intramolecular Hbond substituents is 1. The summed E-state index contributed by atoms with van der Waals surface area (Å²) in [5, 5.41) is 10.2. The van der Waals surface area contributed by atoms with Gasteiger partial charge in [-0.3, -0.25) is 4.79 Å². The van der Waals surface area contributed by atoms with Crippen LogP contribution in [0.25, 0.3) is 11.1 Å². The molecule has 0 aliphatic heterocycles. The van der Waals surface area contributed by atoms with Crippen LogP contribution in [0.3, 0.4) is 0 Å². The maximum atomic E-state index is 10.9. The molecule has 2 aromatic rings. The van der Waals surface area contributed by atoms with Crippen molar-refractivity contribution in [2.45, 2.75) is 20.8 Å². The molecule has 19 heavy (non-hydrogen) atoms. The van der Waals surface area contributed by atoms with Gasteiger partial charge in [-0.2, -0.15) is 0 Å². The monoisotopic (exact) mass is 255 g/mol. The van der Waals surface area contributed by atoms with Crippen molar-refractivity contribution in [3.8, 4) is 16.9 Å². The van der Waals surface area contributed by atoms with Gasteiger partial charge in [0.2, 0.25) is 0 Å². The van der Waals surface area contributed by atoms with Crippen molar-refractivity contribution in [3.63, 3.8) is 0 Å². The van der Waals surface area contributed by atoms with Gasteiger partial charge in [0.25, 0.3) is 0 Å². The van der Waals surface area contributed by atoms with Crippen molar-refractivity contribution >= 4 is 12.0 Å². The number of hydrogen-bond donors (Lipinski definition) is 2. The summed E-state index contributed by atoms with van der Waals surface area (Å²) in [7, 11) is 0. The molecule has 2 aromatic carbocycles. The van der Waals surface area contributed by atoms with Gasteiger partial charge in [0.1, 0.15) is 5.75 Å². The molecule has 0 aliphatic rings. The Morgan fingerprint density at radius 3 is 2.47 bits per heavy atom. The summed E-state index contributed by atoms with van der Waals surface area (Å²) in [5.74, 6) is 0.00644. The number of nitrogens with two attached hydrogens (primary N) is 1. The highest BCUT2D eigenvalue weighted by molar-refractivity contribution is 5.88. The molecule has 3 N–H and O–H groups in total. The average molecular weight is 255 g/mol. The molecule has 98 valence electrons. The first-order valence-corrected chi connectivity index (χ1v) is 6.11. The fourth-order valence-electron chi connectivity index (χ4n) is 2.47. The third-order valence-corrected chi connectivity index (χ3v) is 3.49. The molecule has 0 radical (unpaired) electrons. The van der Waals surface area contributed by atoms with Gasteiger partial charge in [-0.25, -0.2) is 0 Å². The number of para-hydroxylation sites is 1. The molecule has 0 spiro atoms. The number of aldehydes is 1. The molecule has 0 bridgehead atoms. The first-order chi connectivity index (χ1) is 8.97. The van der Waals surface area contributed by atoms with Crippen LogP contribution in [-0.2, 0) is 0 Å². The number of hydrogen-bond acceptors (Lipinski definition) is 3. The Hall–Kier alpha value is -2.29. The zero-order chi connectivity index (χ0) is 14.2. The van der Waals surface area contributed by atoms with Crippen molar-refractivity contribution in [2.75, 3.05) is 5.73 Å². The Morgan fingerprint density at radius 1 is 1.16 bits per heavy atom. The first kappa shape index (κ1) is 13.1. The second kappa shape index (κ2) is 4.76. The molecular formula is C16H17NO2. The summed E-state index contributed by atoms with van der Waals surface area (Å²) in [4.78, 5) is 10.9. The third-order valence-electron chi connectivity index (χ3n) is 3.49. The number of carbonyl (C=O) groups excluding carboxylic acids is 1. The van der Waals surface area contributed by atoms with E-state index in [-0.39, 0.29) is 11.3 Å². The first-order valence-electron chi connectivity index (χ1n) is 6.11. The summed E-state index contributed by atoms with van der Waals surface area (Å²) in [6.07, 6.45) is 0.654. The zero-order valence-electron chi connectivity index (χ0n) is 11.3. The van der Waals surface area contributed by atoms with E-state index >= 15 is 0 Å². The van der Waals surface area contributed by atoms with Crippen molar-refractivity contribution in [3.05, 3.63) is 46.5 Å². The molecule has 0 unspecified atom stereocenters. The number of nitrogen functional groups attached to an aromatic ring is 1. The molecule has 0 amide bonds. The number of benzene rings is 2. The standard InChI is InChI=1S/C16H17NO2/c1-9-7-10(2)15(17)11(3)14(9)13-6-4-5-12(8-18)16(13)19/h4-8,19H,17H2,1-3H3. The van der Waals surface area contributed by atoms with Gasteiger partial charge in [0, 0.05) is 11.3 Å². The number of phenols is 1. The minimum Gasteiger partial charge on any atom is -0.507 e. The molecule has 0 saturated carbocycles. The van der Waals surface area contributed by atoms with Crippen LogP contribution in [-0.4, -0.2) is 11.4 Å². The molecule has 0 saturated heterocycles. The second-order valence-corrected chi connectivity index (χ2v) is 4.79. The summed E-state index contributed by atoms with van der Waals surface area (Å²) in [6, 6.07) is 7.14. The van der Waals surface area contributed by atoms with Crippen LogP contribution < -0.4 is 5.73 Å². The van der Waals surface area contributed by atoms with E-state index in [0.29, 0.717) is 11.8 Å². The lowest BCUT2D eigenvalue weighted by Gasteiger charge is -2.16. The lowest BCUT2D eigenvalue weighted by molar-refractivity contribution is 0.112. The SMILES string of the molecule is Cc1cc(C)c(-c2cccc(C=O)c2O)c(C)c1N. The second-order valence-electron chi connectivity index (χ2n) is 4.79. The molecule has 0 heterocycles. The summed E-state index contributed by atoms with van der Waals surface area (Å²) in [5.41, 5.74) is 11.6. The maximum Gasteiger partial charge on any atom is 0.153 e. The van der Waals surface area contributed by atoms with E-state index in [0.717, 1.165) is 27.9 Å². The van der Waals surface area contributed by atoms with E-state index in [1.807, 2.05) is 26.8 Å². The van der Waals surface area contributed by atoms with Crippen LogP contribution >= 0.6 is 0 Å². The van der Waals surface area contributed by atoms with E-state index in [1.165, 1.54) is 0 Å². The number of anilines is 1. The van der Waals surface area contributed by atoms with Crippen molar-refractivity contribution < 1.29 is 9.90 Å². The molecule has 3 heteroatoms. The van der Waals surface area contributed by atoms with Gasteiger partial charge in [-0.15, -0.1) is 0 Å². The van der Waals surface area contributed by atoms with E-state index in [4.69, 9.17) is 5.73 Å². The minimum atomic E-state index is 0.00644. The van der Waals surface area contributed by atoms with Crippen LogP contribution in [0, 0.1) is 20.8 Å². The van der Waals surface area contributed by atoms with Crippen LogP contribution in [0.15, 0.2) is 24.3 Å². The van der Waals surface area contributed by atoms with Gasteiger partial charge in [0.15, 0.2) is 6.29 Å². The van der Waals surface area contributed by atoms with E-state index in [1.54, 1.807) is 18.2 Å². The lowest BCUT2D eigenvalue weighted by atomic mass is 9.91. The molecule has 0 atom stereocenters. The van der Waals surface area contributed by atoms with Gasteiger partial charge < -0.3 is 10.8 Å². The zero-order valence-corrected chi connectivity index (χ0v) is 11.3. The molecule has 0 fully saturated rings. The topological polar surface area (TPSA) is 63.3 Å². The quantitative estimate of drug-likeness (QED) is 0.638. The summed E-state index contributed by atoms with van der Waals surface area (Å²) in [6.45, 7) is 5.86. The fourth-order valence-corrected chi connectivity index (χ4v) is 2.47. The Labute approximate surface area is 112 Å². The van der Waals surface area contributed by atoms with E-state index in [9.17, 15) is 9.90 Å². The maximum absolute atomic E-state index is 10.9. The van der Waals surface area contributed by atoms with Crippen molar-refractivity contribution in [2.24, 2.45) is 0 Å². The minimum absolute atomic E-state index is 0.00644. The Balaban J connectivity index is 2.80. The number of carbonyl (C=O) groups is 1. The lowest BCUT2D eigenvalue weighted by Crippen LogP contribution is -1.99. The summed E-state index contributed by atoms with van der Waals surface area (Å²) < 4.78 is 0. The summed E-state index contributed by atoms with van der Waals surface area (Å²) >= 11 is 0. The van der Waals surface area contributed by atoms with Gasteiger partial charge in [-0.1, -0.05) is 18.2 Å². The third kappa shape index (κ3) is 2.08. The normalized spacial score (nSPS) is 10.5. The van der Waals surface area contributed by atoms with Gasteiger partial charge in [0.05, 0.1) is 5.56 Å². The highest BCUT2D eigenvalue weighted by atomic mass is 16.3. The van der Waals surface area contributed by atoms with Gasteiger partial charge >= 0.3 is 0 Å².